The summed E-state index contributed by atoms with van der Waals surface area (Å²) < 4.78 is 10.6. The molecule has 7 heteroatoms. The Labute approximate surface area is 148 Å². The fourth-order valence-corrected chi connectivity index (χ4v) is 3.78. The minimum absolute atomic E-state index is 0.0231. The van der Waals surface area contributed by atoms with E-state index in [9.17, 15) is 9.59 Å². The number of nitrogens with one attached hydrogen (secondary N) is 1. The molecule has 1 amide bonds. The van der Waals surface area contributed by atoms with E-state index >= 15 is 0 Å². The lowest BCUT2D eigenvalue weighted by molar-refractivity contribution is -0.124. The van der Waals surface area contributed by atoms with Crippen LogP contribution in [0, 0.1) is 5.92 Å². The molecule has 1 saturated heterocycles. The fraction of sp³-hybridized carbons (Fsp3) is 0.722. The van der Waals surface area contributed by atoms with Crippen LogP contribution in [0.25, 0.3) is 0 Å². The second-order valence-corrected chi connectivity index (χ2v) is 6.74. The van der Waals surface area contributed by atoms with Crippen molar-refractivity contribution in [3.05, 3.63) is 11.8 Å². The number of amides is 1. The van der Waals surface area contributed by atoms with E-state index in [4.69, 9.17) is 9.47 Å². The smallest absolute Gasteiger partial charge is 0.343 e. The van der Waals surface area contributed by atoms with Crippen molar-refractivity contribution in [2.75, 3.05) is 24.7 Å². The van der Waals surface area contributed by atoms with Gasteiger partial charge in [0.1, 0.15) is 11.4 Å². The highest BCUT2D eigenvalue weighted by Crippen LogP contribution is 2.31. The molecule has 0 bridgehead atoms. The first kappa shape index (κ1) is 17.9. The molecule has 1 saturated carbocycles. The Morgan fingerprint density at radius 3 is 2.64 bits per heavy atom. The van der Waals surface area contributed by atoms with Crippen LogP contribution in [-0.4, -0.2) is 47.9 Å². The van der Waals surface area contributed by atoms with Crippen LogP contribution >= 0.6 is 0 Å². The summed E-state index contributed by atoms with van der Waals surface area (Å²) in [5.41, 5.74) is 0.331. The van der Waals surface area contributed by atoms with Crippen LogP contribution in [0.15, 0.2) is 6.20 Å². The van der Waals surface area contributed by atoms with Crippen molar-refractivity contribution in [1.29, 1.82) is 0 Å². The van der Waals surface area contributed by atoms with Crippen molar-refractivity contribution in [3.8, 4) is 0 Å². The van der Waals surface area contributed by atoms with E-state index < -0.39 is 5.97 Å². The first-order chi connectivity index (χ1) is 12.2. The average molecular weight is 349 g/mol. The molecule has 2 fully saturated rings. The summed E-state index contributed by atoms with van der Waals surface area (Å²) in [6, 6.07) is 0.0248. The van der Waals surface area contributed by atoms with Crippen LogP contribution in [-0.2, 0) is 14.3 Å². The number of hydrogen-bond acceptors (Lipinski definition) is 5. The molecule has 1 aromatic rings. The van der Waals surface area contributed by atoms with Crippen molar-refractivity contribution < 1.29 is 19.1 Å². The summed E-state index contributed by atoms with van der Waals surface area (Å²) in [5.74, 6) is 0.150. The summed E-state index contributed by atoms with van der Waals surface area (Å²) in [4.78, 5) is 27.4. The molecule has 1 N–H and O–H groups in total. The van der Waals surface area contributed by atoms with Crippen LogP contribution in [0.1, 0.15) is 62.2 Å². The van der Waals surface area contributed by atoms with Gasteiger partial charge in [0.25, 0.3) is 0 Å². The highest BCUT2D eigenvalue weighted by molar-refractivity contribution is 6.02. The number of nitrogens with zero attached hydrogens (tertiary/aromatic N) is 2. The molecule has 1 aliphatic carbocycles. The van der Waals surface area contributed by atoms with Crippen LogP contribution in [0.4, 0.5) is 5.82 Å². The molecule has 2 heterocycles. The Kier molecular flexibility index (Phi) is 6.07. The molecule has 3 rings (SSSR count). The molecular weight excluding hydrogens is 322 g/mol. The summed E-state index contributed by atoms with van der Waals surface area (Å²) in [6.07, 6.45) is 8.19. The van der Waals surface area contributed by atoms with E-state index in [1.54, 1.807) is 11.8 Å². The van der Waals surface area contributed by atoms with Crippen molar-refractivity contribution in [2.24, 2.45) is 5.92 Å². The largest absolute Gasteiger partial charge is 0.462 e. The maximum atomic E-state index is 13.3. The standard InChI is InChI=1S/C18H27N3O4/c1-2-25-18(23)15-12-19-20-16(15)21(14-8-10-24-11-9-14)17(22)13-6-4-3-5-7-13/h12-14H,2-11H2,1H3,(H,19,20). The number of rotatable bonds is 5. The Bertz CT molecular complexity index is 589. The SMILES string of the molecule is CCOC(=O)c1cn[nH]c1N(C(=O)C1CCCCC1)C1CCOCC1. The van der Waals surface area contributed by atoms with Gasteiger partial charge in [0.2, 0.25) is 5.91 Å². The predicted molar refractivity (Wildman–Crippen MR) is 92.4 cm³/mol. The molecule has 1 aliphatic heterocycles. The summed E-state index contributed by atoms with van der Waals surface area (Å²) in [5, 5.41) is 6.89. The molecular formula is C18H27N3O4. The van der Waals surface area contributed by atoms with E-state index in [0.717, 1.165) is 38.5 Å². The minimum atomic E-state index is -0.445. The van der Waals surface area contributed by atoms with E-state index in [-0.39, 0.29) is 24.5 Å². The molecule has 0 spiro atoms. The lowest BCUT2D eigenvalue weighted by atomic mass is 9.87. The van der Waals surface area contributed by atoms with Crippen LogP contribution in [0.2, 0.25) is 0 Å². The number of aromatic amines is 1. The first-order valence-electron chi connectivity index (χ1n) is 9.33. The van der Waals surface area contributed by atoms with Gasteiger partial charge >= 0.3 is 5.97 Å². The van der Waals surface area contributed by atoms with Crippen molar-refractivity contribution in [2.45, 2.75) is 57.9 Å². The third-order valence-corrected chi connectivity index (χ3v) is 5.10. The van der Waals surface area contributed by atoms with E-state index in [2.05, 4.69) is 10.2 Å². The van der Waals surface area contributed by atoms with E-state index in [1.807, 2.05) is 0 Å². The number of hydrogen-bond donors (Lipinski definition) is 1. The molecule has 0 atom stereocenters. The summed E-state index contributed by atoms with van der Waals surface area (Å²) in [7, 11) is 0. The van der Waals surface area contributed by atoms with Gasteiger partial charge in [-0.1, -0.05) is 19.3 Å². The molecule has 7 nitrogen and oxygen atoms in total. The fourth-order valence-electron chi connectivity index (χ4n) is 3.78. The number of H-pyrrole nitrogens is 1. The van der Waals surface area contributed by atoms with E-state index in [0.29, 0.717) is 24.6 Å². The van der Waals surface area contributed by atoms with Gasteiger partial charge in [0.15, 0.2) is 0 Å². The highest BCUT2D eigenvalue weighted by atomic mass is 16.5. The maximum absolute atomic E-state index is 13.3. The molecule has 2 aliphatic rings. The Hall–Kier alpha value is -1.89. The lowest BCUT2D eigenvalue weighted by Crippen LogP contribution is -2.47. The quantitative estimate of drug-likeness (QED) is 0.826. The van der Waals surface area contributed by atoms with Gasteiger partial charge in [-0.3, -0.25) is 14.8 Å². The predicted octanol–water partition coefficient (Wildman–Crippen LogP) is 2.68. The number of carbonyl (C=O) groups excluding carboxylic acids is 2. The normalized spacial score (nSPS) is 19.6. The summed E-state index contributed by atoms with van der Waals surface area (Å²) >= 11 is 0. The van der Waals surface area contributed by atoms with Crippen molar-refractivity contribution >= 4 is 17.7 Å². The Morgan fingerprint density at radius 1 is 1.24 bits per heavy atom. The van der Waals surface area contributed by atoms with Gasteiger partial charge in [-0.05, 0) is 32.6 Å². The van der Waals surface area contributed by atoms with Gasteiger partial charge in [-0.15, -0.1) is 0 Å². The Balaban J connectivity index is 1.89. The zero-order chi connectivity index (χ0) is 17.6. The van der Waals surface area contributed by atoms with Crippen LogP contribution < -0.4 is 4.90 Å². The number of aromatic nitrogens is 2. The van der Waals surface area contributed by atoms with Gasteiger partial charge in [-0.2, -0.15) is 5.10 Å². The second-order valence-electron chi connectivity index (χ2n) is 6.74. The average Bonchev–Trinajstić information content (AvgIpc) is 3.13. The van der Waals surface area contributed by atoms with Crippen LogP contribution in [0.5, 0.6) is 0 Å². The topological polar surface area (TPSA) is 84.5 Å². The number of ether oxygens (including phenoxy) is 2. The van der Waals surface area contributed by atoms with Crippen LogP contribution in [0.3, 0.4) is 0 Å². The molecule has 1 aromatic heterocycles. The lowest BCUT2D eigenvalue weighted by Gasteiger charge is -2.36. The number of anilines is 1. The number of esters is 1. The Morgan fingerprint density at radius 2 is 1.96 bits per heavy atom. The van der Waals surface area contributed by atoms with E-state index in [1.165, 1.54) is 12.6 Å². The minimum Gasteiger partial charge on any atom is -0.462 e. The third-order valence-electron chi connectivity index (χ3n) is 5.10. The monoisotopic (exact) mass is 349 g/mol. The van der Waals surface area contributed by atoms with Gasteiger partial charge in [0, 0.05) is 25.2 Å². The third kappa shape index (κ3) is 4.03. The van der Waals surface area contributed by atoms with Gasteiger partial charge in [-0.25, -0.2) is 4.79 Å². The molecule has 0 unspecified atom stereocenters. The maximum Gasteiger partial charge on any atom is 0.343 e. The molecule has 0 aromatic carbocycles. The van der Waals surface area contributed by atoms with Crippen molar-refractivity contribution in [1.82, 2.24) is 10.2 Å². The summed E-state index contributed by atoms with van der Waals surface area (Å²) in [6.45, 7) is 3.31. The molecule has 25 heavy (non-hydrogen) atoms. The second kappa shape index (κ2) is 8.47. The highest BCUT2D eigenvalue weighted by Gasteiger charge is 2.35. The zero-order valence-electron chi connectivity index (χ0n) is 14.8. The van der Waals surface area contributed by atoms with Gasteiger partial charge in [0.05, 0.1) is 12.8 Å². The zero-order valence-corrected chi connectivity index (χ0v) is 14.8. The van der Waals surface area contributed by atoms with Gasteiger partial charge < -0.3 is 9.47 Å². The number of carbonyl (C=O) groups is 2. The van der Waals surface area contributed by atoms with Crippen molar-refractivity contribution in [3.63, 3.8) is 0 Å². The first-order valence-corrected chi connectivity index (χ1v) is 9.33. The molecule has 0 radical (unpaired) electrons. The molecule has 138 valence electrons.